The Labute approximate surface area is 310 Å². The maximum Gasteiger partial charge on any atom is 0.274 e. The normalized spacial score (nSPS) is 13.7. The van der Waals surface area contributed by atoms with Gasteiger partial charge < -0.3 is 25.0 Å². The minimum atomic E-state index is -0.451. The van der Waals surface area contributed by atoms with Crippen LogP contribution < -0.4 is 10.1 Å². The van der Waals surface area contributed by atoms with Crippen molar-refractivity contribution in [2.45, 2.75) is 65.5 Å². The summed E-state index contributed by atoms with van der Waals surface area (Å²) in [6.07, 6.45) is 5.67. The van der Waals surface area contributed by atoms with Gasteiger partial charge in [-0.25, -0.2) is 9.67 Å². The Kier molecular flexibility index (Phi) is 12.0. The van der Waals surface area contributed by atoms with Crippen LogP contribution in [0.4, 0.5) is 5.69 Å². The first-order valence-corrected chi connectivity index (χ1v) is 18.3. The Morgan fingerprint density at radius 3 is 2.30 bits per heavy atom. The van der Waals surface area contributed by atoms with E-state index in [-0.39, 0.29) is 24.0 Å². The molecule has 0 radical (unpaired) electrons. The lowest BCUT2D eigenvalue weighted by atomic mass is 9.93. The quantitative estimate of drug-likeness (QED) is 0.124. The van der Waals surface area contributed by atoms with Crippen LogP contribution in [-0.4, -0.2) is 73.1 Å². The number of aliphatic hydroxyl groups is 1. The largest absolute Gasteiger partial charge is 0.439 e. The Morgan fingerprint density at radius 2 is 1.62 bits per heavy atom. The number of hydrogen-bond acceptors (Lipinski definition) is 7. The number of aliphatic hydroxyl groups excluding tert-OH is 1. The van der Waals surface area contributed by atoms with E-state index in [1.54, 1.807) is 46.0 Å². The number of para-hydroxylation sites is 1. The molecule has 274 valence electrons. The second-order valence-corrected chi connectivity index (χ2v) is 13.3. The lowest BCUT2D eigenvalue weighted by molar-refractivity contribution is 0.0544. The highest BCUT2D eigenvalue weighted by Crippen LogP contribution is 2.29. The van der Waals surface area contributed by atoms with E-state index in [1.165, 1.54) is 6.20 Å². The SMILES string of the molecule is CCCCN(CCCC)C(=O)c1cc(C)n(-c2ccc(NC(=O)c3ccc(Oc4ccccc4)nc3)cc2C(=O)N2Cc3ccccc3CC2CO)n1. The minimum Gasteiger partial charge on any atom is -0.439 e. The third kappa shape index (κ3) is 8.64. The Bertz CT molecular complexity index is 2040. The van der Waals surface area contributed by atoms with Gasteiger partial charge >= 0.3 is 0 Å². The highest BCUT2D eigenvalue weighted by atomic mass is 16.5. The summed E-state index contributed by atoms with van der Waals surface area (Å²) in [6, 6.07) is 26.7. The Balaban J connectivity index is 1.32. The van der Waals surface area contributed by atoms with Gasteiger partial charge in [-0.3, -0.25) is 14.4 Å². The molecule has 3 heterocycles. The molecule has 2 aromatic heterocycles. The number of carbonyl (C=O) groups excluding carboxylic acids is 3. The zero-order valence-corrected chi connectivity index (χ0v) is 30.5. The summed E-state index contributed by atoms with van der Waals surface area (Å²) in [5, 5.41) is 18.1. The van der Waals surface area contributed by atoms with E-state index in [2.05, 4.69) is 24.1 Å². The fourth-order valence-corrected chi connectivity index (χ4v) is 6.50. The number of ether oxygens (including phenoxy) is 1. The van der Waals surface area contributed by atoms with Gasteiger partial charge in [0.05, 0.1) is 29.5 Å². The minimum absolute atomic E-state index is 0.146. The molecule has 1 aliphatic rings. The number of nitrogens with zero attached hydrogens (tertiary/aromatic N) is 5. The number of carbonyl (C=O) groups is 3. The average molecular weight is 715 g/mol. The first-order chi connectivity index (χ1) is 25.8. The zero-order chi connectivity index (χ0) is 37.3. The summed E-state index contributed by atoms with van der Waals surface area (Å²) in [7, 11) is 0. The van der Waals surface area contributed by atoms with Crippen molar-refractivity contribution in [1.82, 2.24) is 24.6 Å². The number of hydrogen-bond donors (Lipinski definition) is 2. The van der Waals surface area contributed by atoms with Gasteiger partial charge in [0.25, 0.3) is 17.7 Å². The molecule has 5 aromatic rings. The number of aromatic nitrogens is 3. The number of benzene rings is 3. The smallest absolute Gasteiger partial charge is 0.274 e. The van der Waals surface area contributed by atoms with Crippen LogP contribution in [0.1, 0.15) is 87.6 Å². The summed E-state index contributed by atoms with van der Waals surface area (Å²) in [6.45, 7) is 7.44. The average Bonchev–Trinajstić information content (AvgIpc) is 3.58. The molecular weight excluding hydrogens is 668 g/mol. The monoisotopic (exact) mass is 714 g/mol. The van der Waals surface area contributed by atoms with Gasteiger partial charge in [0.2, 0.25) is 5.88 Å². The van der Waals surface area contributed by atoms with E-state index in [9.17, 15) is 19.5 Å². The summed E-state index contributed by atoms with van der Waals surface area (Å²) in [5.74, 6) is 0.0796. The molecule has 11 nitrogen and oxygen atoms in total. The molecule has 0 saturated carbocycles. The van der Waals surface area contributed by atoms with E-state index in [0.29, 0.717) is 66.0 Å². The van der Waals surface area contributed by atoms with Crippen LogP contribution in [0.2, 0.25) is 0 Å². The molecule has 0 fully saturated rings. The Morgan fingerprint density at radius 1 is 0.906 bits per heavy atom. The van der Waals surface area contributed by atoms with Crippen molar-refractivity contribution in [3.05, 3.63) is 131 Å². The molecule has 0 bridgehead atoms. The van der Waals surface area contributed by atoms with E-state index >= 15 is 0 Å². The van der Waals surface area contributed by atoms with Crippen LogP contribution in [0.15, 0.2) is 97.2 Å². The molecule has 1 unspecified atom stereocenters. The second kappa shape index (κ2) is 17.1. The molecule has 0 aliphatic carbocycles. The maximum absolute atomic E-state index is 14.6. The summed E-state index contributed by atoms with van der Waals surface area (Å²) < 4.78 is 7.38. The molecule has 1 aliphatic heterocycles. The molecule has 3 amide bonds. The van der Waals surface area contributed by atoms with E-state index < -0.39 is 11.9 Å². The van der Waals surface area contributed by atoms with E-state index in [1.807, 2.05) is 66.4 Å². The van der Waals surface area contributed by atoms with Gasteiger partial charge in [0.1, 0.15) is 5.75 Å². The highest BCUT2D eigenvalue weighted by molar-refractivity contribution is 6.06. The molecular formula is C42H46N6O5. The van der Waals surface area contributed by atoms with Crippen molar-refractivity contribution in [3.8, 4) is 17.3 Å². The van der Waals surface area contributed by atoms with Crippen LogP contribution in [0, 0.1) is 6.92 Å². The van der Waals surface area contributed by atoms with Gasteiger partial charge in [-0.1, -0.05) is 69.2 Å². The van der Waals surface area contributed by atoms with Crippen LogP contribution in [-0.2, 0) is 13.0 Å². The third-order valence-corrected chi connectivity index (χ3v) is 9.46. The van der Waals surface area contributed by atoms with Gasteiger partial charge in [0, 0.05) is 43.3 Å². The number of nitrogens with one attached hydrogen (secondary N) is 1. The lowest BCUT2D eigenvalue weighted by Crippen LogP contribution is -2.46. The fraction of sp³-hybridized carbons (Fsp3) is 0.310. The maximum atomic E-state index is 14.6. The third-order valence-electron chi connectivity index (χ3n) is 9.46. The van der Waals surface area contributed by atoms with Crippen molar-refractivity contribution in [1.29, 1.82) is 0 Å². The van der Waals surface area contributed by atoms with Gasteiger partial charge in [0.15, 0.2) is 5.69 Å². The van der Waals surface area contributed by atoms with Crippen molar-refractivity contribution >= 4 is 23.4 Å². The molecule has 1 atom stereocenters. The topological polar surface area (TPSA) is 130 Å². The fourth-order valence-electron chi connectivity index (χ4n) is 6.50. The number of pyridine rings is 1. The molecule has 11 heteroatoms. The van der Waals surface area contributed by atoms with Crippen LogP contribution in [0.3, 0.4) is 0 Å². The first-order valence-electron chi connectivity index (χ1n) is 18.3. The summed E-state index contributed by atoms with van der Waals surface area (Å²) in [5.41, 5.74) is 4.49. The number of fused-ring (bicyclic) bond motifs is 1. The van der Waals surface area contributed by atoms with Gasteiger partial charge in [-0.05, 0) is 79.8 Å². The van der Waals surface area contributed by atoms with Crippen molar-refractivity contribution in [2.75, 3.05) is 25.0 Å². The molecule has 0 saturated heterocycles. The van der Waals surface area contributed by atoms with Crippen molar-refractivity contribution < 1.29 is 24.2 Å². The van der Waals surface area contributed by atoms with Crippen LogP contribution in [0.5, 0.6) is 11.6 Å². The molecule has 53 heavy (non-hydrogen) atoms. The summed E-state index contributed by atoms with van der Waals surface area (Å²) in [4.78, 5) is 49.6. The van der Waals surface area contributed by atoms with E-state index in [4.69, 9.17) is 9.84 Å². The summed E-state index contributed by atoms with van der Waals surface area (Å²) >= 11 is 0. The van der Waals surface area contributed by atoms with E-state index in [0.717, 1.165) is 36.8 Å². The predicted octanol–water partition coefficient (Wildman–Crippen LogP) is 7.22. The number of aryl methyl sites for hydroxylation is 1. The standard InChI is InChI=1S/C42H46N6O5/c1-4-6-21-46(22-7-5-2)42(52)37-23-29(3)48(45-37)38-19-18-33(44-40(50)31-17-20-39(43-26-31)53-35-15-9-8-10-16-35)25-36(38)41(51)47-27-32-14-12-11-13-30(32)24-34(47)28-49/h8-20,23,25-26,34,49H,4-7,21-22,24,27-28H2,1-3H3,(H,44,50). The molecule has 3 aromatic carbocycles. The zero-order valence-electron chi connectivity index (χ0n) is 30.5. The number of anilines is 1. The van der Waals surface area contributed by atoms with Crippen LogP contribution >= 0.6 is 0 Å². The predicted molar refractivity (Wildman–Crippen MR) is 204 cm³/mol. The van der Waals surface area contributed by atoms with Crippen LogP contribution in [0.25, 0.3) is 5.69 Å². The van der Waals surface area contributed by atoms with Gasteiger partial charge in [-0.2, -0.15) is 5.10 Å². The second-order valence-electron chi connectivity index (χ2n) is 13.3. The van der Waals surface area contributed by atoms with Crippen molar-refractivity contribution in [3.63, 3.8) is 0 Å². The number of unbranched alkanes of at least 4 members (excludes halogenated alkanes) is 2. The van der Waals surface area contributed by atoms with Gasteiger partial charge in [-0.15, -0.1) is 0 Å². The van der Waals surface area contributed by atoms with Crippen molar-refractivity contribution in [2.24, 2.45) is 0 Å². The molecule has 6 rings (SSSR count). The number of rotatable bonds is 14. The number of amides is 3. The first kappa shape index (κ1) is 37.0. The molecule has 2 N–H and O–H groups in total. The highest BCUT2D eigenvalue weighted by Gasteiger charge is 2.32. The molecule has 0 spiro atoms. The lowest BCUT2D eigenvalue weighted by Gasteiger charge is -2.36. The Hall–Kier alpha value is -5.81.